The number of ether oxygens (including phenoxy) is 1. The van der Waals surface area contributed by atoms with Gasteiger partial charge in [0.05, 0.1) is 0 Å². The van der Waals surface area contributed by atoms with Crippen LogP contribution in [-0.2, 0) is 4.74 Å². The lowest BCUT2D eigenvalue weighted by Gasteiger charge is -2.34. The highest BCUT2D eigenvalue weighted by Gasteiger charge is 2.31. The van der Waals surface area contributed by atoms with Crippen molar-refractivity contribution in [3.63, 3.8) is 0 Å². The summed E-state index contributed by atoms with van der Waals surface area (Å²) in [4.78, 5) is 13.6. The van der Waals surface area contributed by atoms with E-state index in [1.165, 1.54) is 12.1 Å². The van der Waals surface area contributed by atoms with E-state index in [2.05, 4.69) is 0 Å². The summed E-state index contributed by atoms with van der Waals surface area (Å²) in [5.41, 5.74) is 0.0660. The van der Waals surface area contributed by atoms with Gasteiger partial charge in [0.15, 0.2) is 0 Å². The van der Waals surface area contributed by atoms with E-state index in [4.69, 9.17) is 4.74 Å². The number of likely N-dealkylation sites (tertiary alicyclic amines) is 1. The van der Waals surface area contributed by atoms with Gasteiger partial charge in [-0.1, -0.05) is 12.1 Å². The predicted molar refractivity (Wildman–Crippen MR) is 82.5 cm³/mol. The quantitative estimate of drug-likeness (QED) is 0.896. The number of alkyl halides is 1. The van der Waals surface area contributed by atoms with Crippen LogP contribution < -0.4 is 0 Å². The number of hydrogen-bond donors (Lipinski definition) is 1. The second-order valence-corrected chi connectivity index (χ2v) is 6.80. The van der Waals surface area contributed by atoms with Crippen LogP contribution in [0.5, 0.6) is 5.75 Å². The molecule has 1 atom stereocenters. The number of amides is 1. The number of carbonyl (C=O) groups is 1. The number of phenolic OH excluding ortho intramolecular Hbond substituents is 1. The summed E-state index contributed by atoms with van der Waals surface area (Å²) in [5.74, 6) is 0.0268. The van der Waals surface area contributed by atoms with Gasteiger partial charge in [0.2, 0.25) is 0 Å². The minimum Gasteiger partial charge on any atom is -0.508 e. The van der Waals surface area contributed by atoms with Crippen LogP contribution >= 0.6 is 0 Å². The topological polar surface area (TPSA) is 49.8 Å². The number of piperidine rings is 1. The summed E-state index contributed by atoms with van der Waals surface area (Å²) >= 11 is 0. The largest absolute Gasteiger partial charge is 0.508 e. The fourth-order valence-corrected chi connectivity index (χ4v) is 2.63. The van der Waals surface area contributed by atoms with Crippen molar-refractivity contribution in [1.29, 1.82) is 0 Å². The third kappa shape index (κ3) is 4.36. The molecular formula is C17H24FNO3. The molecule has 1 fully saturated rings. The molecule has 1 unspecified atom stereocenters. The Labute approximate surface area is 130 Å². The molecule has 0 aromatic heterocycles. The molecule has 122 valence electrons. The van der Waals surface area contributed by atoms with E-state index in [9.17, 15) is 14.3 Å². The molecule has 0 spiro atoms. The van der Waals surface area contributed by atoms with Crippen molar-refractivity contribution in [1.82, 2.24) is 4.90 Å². The summed E-state index contributed by atoms with van der Waals surface area (Å²) in [5, 5.41) is 9.26. The Hall–Kier alpha value is -1.78. The first-order valence-electron chi connectivity index (χ1n) is 7.67. The van der Waals surface area contributed by atoms with Crippen LogP contribution in [0.3, 0.4) is 0 Å². The fourth-order valence-electron chi connectivity index (χ4n) is 2.63. The van der Waals surface area contributed by atoms with Gasteiger partial charge in [0.1, 0.15) is 17.5 Å². The maximum absolute atomic E-state index is 14.5. The fraction of sp³-hybridized carbons (Fsp3) is 0.588. The van der Waals surface area contributed by atoms with Gasteiger partial charge in [-0.15, -0.1) is 0 Å². The van der Waals surface area contributed by atoms with Crippen molar-refractivity contribution in [2.75, 3.05) is 13.1 Å². The maximum Gasteiger partial charge on any atom is 0.410 e. The molecule has 1 aromatic rings. The molecule has 1 amide bonds. The third-order valence-electron chi connectivity index (χ3n) is 3.82. The Balaban J connectivity index is 1.89. The minimum atomic E-state index is -1.07. The van der Waals surface area contributed by atoms with Crippen LogP contribution in [0.25, 0.3) is 0 Å². The van der Waals surface area contributed by atoms with E-state index < -0.39 is 11.8 Å². The maximum atomic E-state index is 14.5. The van der Waals surface area contributed by atoms with Crippen molar-refractivity contribution in [2.45, 2.75) is 45.4 Å². The van der Waals surface area contributed by atoms with Gasteiger partial charge in [-0.05, 0) is 57.2 Å². The molecule has 1 saturated heterocycles. The molecule has 2 rings (SSSR count). The molecule has 1 aromatic carbocycles. The Morgan fingerprint density at radius 1 is 1.27 bits per heavy atom. The molecule has 1 heterocycles. The van der Waals surface area contributed by atoms with Crippen molar-refractivity contribution in [3.8, 4) is 5.75 Å². The predicted octanol–water partition coefficient (Wildman–Crippen LogP) is 4.05. The highest BCUT2D eigenvalue weighted by atomic mass is 19.1. The van der Waals surface area contributed by atoms with Crippen LogP contribution in [0.1, 0.15) is 45.3 Å². The lowest BCUT2D eigenvalue weighted by molar-refractivity contribution is 0.0144. The minimum absolute atomic E-state index is 0.108. The Bertz CT molecular complexity index is 502. The molecule has 0 radical (unpaired) electrons. The average molecular weight is 309 g/mol. The number of hydrogen-bond acceptors (Lipinski definition) is 3. The molecule has 0 saturated carbocycles. The monoisotopic (exact) mass is 309 g/mol. The second-order valence-electron chi connectivity index (χ2n) is 6.80. The number of aromatic hydroxyl groups is 1. The number of rotatable bonds is 2. The van der Waals surface area contributed by atoms with Crippen molar-refractivity contribution in [3.05, 3.63) is 29.8 Å². The van der Waals surface area contributed by atoms with Crippen LogP contribution in [0, 0.1) is 5.92 Å². The number of phenols is 1. The van der Waals surface area contributed by atoms with Crippen molar-refractivity contribution < 1.29 is 19.0 Å². The molecule has 22 heavy (non-hydrogen) atoms. The van der Waals surface area contributed by atoms with Gasteiger partial charge in [-0.25, -0.2) is 9.18 Å². The van der Waals surface area contributed by atoms with Crippen molar-refractivity contribution >= 4 is 6.09 Å². The van der Waals surface area contributed by atoms with Crippen LogP contribution in [-0.4, -0.2) is 34.8 Å². The number of halogens is 1. The lowest BCUT2D eigenvalue weighted by atomic mass is 9.88. The molecule has 0 bridgehead atoms. The Morgan fingerprint density at radius 2 is 1.82 bits per heavy atom. The first kappa shape index (κ1) is 16.6. The SMILES string of the molecule is CC(C)(C)OC(=O)N1CCC(C(F)c2ccc(O)cc2)CC1. The van der Waals surface area contributed by atoms with E-state index in [0.717, 1.165) is 0 Å². The Kier molecular flexibility index (Phi) is 4.94. The normalized spacial score (nSPS) is 18.1. The zero-order valence-electron chi connectivity index (χ0n) is 13.4. The molecule has 1 N–H and O–H groups in total. The van der Waals surface area contributed by atoms with Crippen LogP contribution in [0.4, 0.5) is 9.18 Å². The summed E-state index contributed by atoms with van der Waals surface area (Å²) in [6, 6.07) is 6.22. The average Bonchev–Trinajstić information content (AvgIpc) is 2.46. The van der Waals surface area contributed by atoms with Gasteiger partial charge in [0.25, 0.3) is 0 Å². The molecule has 1 aliphatic heterocycles. The van der Waals surface area contributed by atoms with Gasteiger partial charge >= 0.3 is 6.09 Å². The van der Waals surface area contributed by atoms with Gasteiger partial charge in [0, 0.05) is 13.1 Å². The smallest absolute Gasteiger partial charge is 0.410 e. The van der Waals surface area contributed by atoms with Crippen LogP contribution in [0.15, 0.2) is 24.3 Å². The zero-order chi connectivity index (χ0) is 16.3. The molecular weight excluding hydrogens is 285 g/mol. The summed E-state index contributed by atoms with van der Waals surface area (Å²) in [7, 11) is 0. The number of nitrogens with zero attached hydrogens (tertiary/aromatic N) is 1. The van der Waals surface area contributed by atoms with Crippen molar-refractivity contribution in [2.24, 2.45) is 5.92 Å². The van der Waals surface area contributed by atoms with E-state index >= 15 is 0 Å². The van der Waals surface area contributed by atoms with Crippen LogP contribution in [0.2, 0.25) is 0 Å². The van der Waals surface area contributed by atoms with E-state index in [1.807, 2.05) is 20.8 Å². The first-order chi connectivity index (χ1) is 10.3. The summed E-state index contributed by atoms with van der Waals surface area (Å²) in [6.45, 7) is 6.52. The highest BCUT2D eigenvalue weighted by molar-refractivity contribution is 5.68. The number of benzene rings is 1. The second kappa shape index (κ2) is 6.55. The van der Waals surface area contributed by atoms with Gasteiger partial charge in [-0.3, -0.25) is 0 Å². The molecule has 1 aliphatic rings. The summed E-state index contributed by atoms with van der Waals surface area (Å²) < 4.78 is 19.9. The zero-order valence-corrected chi connectivity index (χ0v) is 13.4. The first-order valence-corrected chi connectivity index (χ1v) is 7.67. The third-order valence-corrected chi connectivity index (χ3v) is 3.82. The van der Waals surface area contributed by atoms with Gasteiger partial charge < -0.3 is 14.7 Å². The molecule has 0 aliphatic carbocycles. The Morgan fingerprint density at radius 3 is 2.32 bits per heavy atom. The summed E-state index contributed by atoms with van der Waals surface area (Å²) in [6.07, 6.45) is -0.171. The number of carbonyl (C=O) groups excluding carboxylic acids is 1. The van der Waals surface area contributed by atoms with E-state index in [-0.39, 0.29) is 17.8 Å². The standard InChI is InChI=1S/C17H24FNO3/c1-17(2,3)22-16(21)19-10-8-13(9-11-19)15(18)12-4-6-14(20)7-5-12/h4-7,13,15,20H,8-11H2,1-3H3. The lowest BCUT2D eigenvalue weighted by Crippen LogP contribution is -2.42. The van der Waals surface area contributed by atoms with Gasteiger partial charge in [-0.2, -0.15) is 0 Å². The molecule has 4 nitrogen and oxygen atoms in total. The van der Waals surface area contributed by atoms with E-state index in [0.29, 0.717) is 31.5 Å². The van der Waals surface area contributed by atoms with E-state index in [1.54, 1.807) is 17.0 Å². The highest BCUT2D eigenvalue weighted by Crippen LogP contribution is 2.34. The molecule has 5 heteroatoms.